The first-order valence-corrected chi connectivity index (χ1v) is 6.82. The number of ether oxygens (including phenoxy) is 1. The van der Waals surface area contributed by atoms with Crippen molar-refractivity contribution in [3.63, 3.8) is 0 Å². The highest BCUT2D eigenvalue weighted by atomic mass is 19.1. The van der Waals surface area contributed by atoms with Crippen molar-refractivity contribution in [1.82, 2.24) is 15.1 Å². The Morgan fingerprint density at radius 3 is 2.95 bits per heavy atom. The highest BCUT2D eigenvalue weighted by molar-refractivity contribution is 5.29. The van der Waals surface area contributed by atoms with Crippen molar-refractivity contribution in [3.8, 4) is 5.75 Å². The topological polar surface area (TPSA) is 39.1 Å². The van der Waals surface area contributed by atoms with Gasteiger partial charge >= 0.3 is 0 Å². The molecule has 1 aromatic carbocycles. The second-order valence-corrected chi connectivity index (χ2v) is 5.17. The van der Waals surface area contributed by atoms with E-state index in [4.69, 9.17) is 4.74 Å². The quantitative estimate of drug-likeness (QED) is 0.879. The van der Waals surface area contributed by atoms with Gasteiger partial charge in [-0.1, -0.05) is 6.07 Å². The van der Waals surface area contributed by atoms with Crippen molar-refractivity contribution in [2.24, 2.45) is 0 Å². The van der Waals surface area contributed by atoms with Gasteiger partial charge in [0.05, 0.1) is 19.9 Å². The molecule has 0 atom stereocenters. The van der Waals surface area contributed by atoms with E-state index in [1.165, 1.54) is 26.0 Å². The Morgan fingerprint density at radius 2 is 2.25 bits per heavy atom. The van der Waals surface area contributed by atoms with E-state index in [-0.39, 0.29) is 11.6 Å². The van der Waals surface area contributed by atoms with Crippen molar-refractivity contribution in [2.45, 2.75) is 32.0 Å². The number of aromatic nitrogens is 2. The number of methoxy groups -OCH3 is 1. The summed E-state index contributed by atoms with van der Waals surface area (Å²) in [4.78, 5) is 0. The van der Waals surface area contributed by atoms with E-state index in [1.54, 1.807) is 6.07 Å². The maximum absolute atomic E-state index is 13.6. The van der Waals surface area contributed by atoms with Gasteiger partial charge in [0.1, 0.15) is 0 Å². The second kappa shape index (κ2) is 5.63. The van der Waals surface area contributed by atoms with E-state index in [0.717, 1.165) is 17.7 Å². The third kappa shape index (κ3) is 3.17. The normalized spacial score (nSPS) is 14.5. The van der Waals surface area contributed by atoms with Gasteiger partial charge in [0.2, 0.25) is 0 Å². The second-order valence-electron chi connectivity index (χ2n) is 5.17. The average Bonchev–Trinajstić information content (AvgIpc) is 3.17. The van der Waals surface area contributed by atoms with Gasteiger partial charge < -0.3 is 10.1 Å². The molecular weight excluding hydrogens is 257 g/mol. The van der Waals surface area contributed by atoms with Gasteiger partial charge in [-0.05, 0) is 30.5 Å². The molecule has 1 heterocycles. The van der Waals surface area contributed by atoms with Crippen LogP contribution in [0.15, 0.2) is 30.6 Å². The fourth-order valence-electron chi connectivity index (χ4n) is 2.13. The van der Waals surface area contributed by atoms with E-state index in [2.05, 4.69) is 10.4 Å². The molecular formula is C15H18FN3O. The summed E-state index contributed by atoms with van der Waals surface area (Å²) in [5, 5.41) is 7.75. The van der Waals surface area contributed by atoms with Gasteiger partial charge in [0.25, 0.3) is 0 Å². The van der Waals surface area contributed by atoms with Gasteiger partial charge in [-0.25, -0.2) is 4.39 Å². The fourth-order valence-corrected chi connectivity index (χ4v) is 2.13. The summed E-state index contributed by atoms with van der Waals surface area (Å²) < 4.78 is 20.3. The lowest BCUT2D eigenvalue weighted by atomic mass is 10.2. The number of halogens is 1. The largest absolute Gasteiger partial charge is 0.494 e. The lowest BCUT2D eigenvalue weighted by Gasteiger charge is -2.05. The van der Waals surface area contributed by atoms with Gasteiger partial charge in [-0.3, -0.25) is 4.68 Å². The van der Waals surface area contributed by atoms with Crippen LogP contribution in [0.4, 0.5) is 4.39 Å². The van der Waals surface area contributed by atoms with Crippen LogP contribution in [-0.4, -0.2) is 22.9 Å². The molecule has 0 aliphatic heterocycles. The number of rotatable bonds is 6. The average molecular weight is 275 g/mol. The van der Waals surface area contributed by atoms with Crippen LogP contribution < -0.4 is 10.1 Å². The van der Waals surface area contributed by atoms with Gasteiger partial charge in [-0.2, -0.15) is 5.10 Å². The number of benzene rings is 1. The lowest BCUT2D eigenvalue weighted by Crippen LogP contribution is -2.14. The zero-order chi connectivity index (χ0) is 13.9. The molecule has 0 bridgehead atoms. The number of nitrogens with zero attached hydrogens (tertiary/aromatic N) is 2. The van der Waals surface area contributed by atoms with E-state index in [0.29, 0.717) is 12.6 Å². The molecule has 3 rings (SSSR count). The summed E-state index contributed by atoms with van der Waals surface area (Å²) in [6.07, 6.45) is 6.41. The van der Waals surface area contributed by atoms with Crippen LogP contribution in [0, 0.1) is 5.82 Å². The third-order valence-electron chi connectivity index (χ3n) is 3.42. The molecule has 1 aromatic heterocycles. The smallest absolute Gasteiger partial charge is 0.165 e. The van der Waals surface area contributed by atoms with Gasteiger partial charge in [-0.15, -0.1) is 0 Å². The summed E-state index contributed by atoms with van der Waals surface area (Å²) in [7, 11) is 1.46. The van der Waals surface area contributed by atoms with Crippen molar-refractivity contribution in [1.29, 1.82) is 0 Å². The first-order valence-electron chi connectivity index (χ1n) is 6.82. The summed E-state index contributed by atoms with van der Waals surface area (Å²) in [5.74, 6) is -0.0729. The maximum Gasteiger partial charge on any atom is 0.165 e. The molecule has 0 unspecified atom stereocenters. The number of nitrogens with one attached hydrogen (secondary N) is 1. The summed E-state index contributed by atoms with van der Waals surface area (Å²) in [6.45, 7) is 1.41. The molecule has 20 heavy (non-hydrogen) atoms. The highest BCUT2D eigenvalue weighted by Crippen LogP contribution is 2.20. The number of hydrogen-bond donors (Lipinski definition) is 1. The molecule has 5 heteroatoms. The minimum atomic E-state index is -0.340. The summed E-state index contributed by atoms with van der Waals surface area (Å²) in [5.41, 5.74) is 2.03. The first kappa shape index (κ1) is 13.1. The molecule has 1 fully saturated rings. The van der Waals surface area contributed by atoms with Gasteiger partial charge in [0.15, 0.2) is 11.6 Å². The van der Waals surface area contributed by atoms with E-state index < -0.39 is 0 Å². The Bertz CT molecular complexity index is 593. The minimum absolute atomic E-state index is 0.267. The van der Waals surface area contributed by atoms with E-state index in [1.807, 2.05) is 23.1 Å². The highest BCUT2D eigenvalue weighted by Gasteiger charge is 2.20. The Morgan fingerprint density at radius 1 is 1.40 bits per heavy atom. The van der Waals surface area contributed by atoms with Crippen molar-refractivity contribution < 1.29 is 9.13 Å². The first-order chi connectivity index (χ1) is 9.74. The van der Waals surface area contributed by atoms with Crippen LogP contribution in [-0.2, 0) is 13.1 Å². The third-order valence-corrected chi connectivity index (χ3v) is 3.42. The molecule has 1 aliphatic carbocycles. The SMILES string of the molecule is COc1ccc(Cn2cc(CNC3CC3)cn2)cc1F. The zero-order valence-corrected chi connectivity index (χ0v) is 11.5. The summed E-state index contributed by atoms with van der Waals surface area (Å²) >= 11 is 0. The van der Waals surface area contributed by atoms with E-state index in [9.17, 15) is 4.39 Å². The Labute approximate surface area is 117 Å². The Balaban J connectivity index is 1.63. The van der Waals surface area contributed by atoms with E-state index >= 15 is 0 Å². The Kier molecular flexibility index (Phi) is 3.69. The maximum atomic E-state index is 13.6. The molecule has 106 valence electrons. The predicted octanol–water partition coefficient (Wildman–Crippen LogP) is 2.33. The van der Waals surface area contributed by atoms with Crippen LogP contribution in [0.2, 0.25) is 0 Å². The van der Waals surface area contributed by atoms with Crippen molar-refractivity contribution in [3.05, 3.63) is 47.5 Å². The van der Waals surface area contributed by atoms with Crippen LogP contribution in [0.5, 0.6) is 5.75 Å². The van der Waals surface area contributed by atoms with Gasteiger partial charge in [0, 0.05) is 24.3 Å². The van der Waals surface area contributed by atoms with Crippen molar-refractivity contribution >= 4 is 0 Å². The number of hydrogen-bond acceptors (Lipinski definition) is 3. The molecule has 4 nitrogen and oxygen atoms in total. The molecule has 2 aromatic rings. The van der Waals surface area contributed by atoms with Crippen LogP contribution in [0.25, 0.3) is 0 Å². The minimum Gasteiger partial charge on any atom is -0.494 e. The predicted molar refractivity (Wildman–Crippen MR) is 74.1 cm³/mol. The Hall–Kier alpha value is -1.88. The standard InChI is InChI=1S/C15H18FN3O/c1-20-15-5-2-11(6-14(15)16)9-19-10-12(8-18-19)7-17-13-3-4-13/h2,5-6,8,10,13,17H,3-4,7,9H2,1H3. The zero-order valence-electron chi connectivity index (χ0n) is 11.5. The molecule has 1 aliphatic rings. The van der Waals surface area contributed by atoms with Crippen LogP contribution >= 0.6 is 0 Å². The molecule has 0 radical (unpaired) electrons. The molecule has 1 saturated carbocycles. The van der Waals surface area contributed by atoms with Crippen LogP contribution in [0.3, 0.4) is 0 Å². The lowest BCUT2D eigenvalue weighted by molar-refractivity contribution is 0.386. The molecule has 1 N–H and O–H groups in total. The van der Waals surface area contributed by atoms with Crippen LogP contribution in [0.1, 0.15) is 24.0 Å². The summed E-state index contributed by atoms with van der Waals surface area (Å²) in [6, 6.07) is 5.67. The fraction of sp³-hybridized carbons (Fsp3) is 0.400. The van der Waals surface area contributed by atoms with Crippen molar-refractivity contribution in [2.75, 3.05) is 7.11 Å². The molecule has 0 amide bonds. The molecule has 0 saturated heterocycles. The monoisotopic (exact) mass is 275 g/mol. The molecule has 0 spiro atoms.